The Hall–Kier alpha value is -2.88. The maximum atomic E-state index is 12.5. The summed E-state index contributed by atoms with van der Waals surface area (Å²) in [6.07, 6.45) is 3.28. The fourth-order valence-electron chi connectivity index (χ4n) is 2.69. The van der Waals surface area contributed by atoms with Gasteiger partial charge in [0.15, 0.2) is 0 Å². The monoisotopic (exact) mass is 456 g/mol. The van der Waals surface area contributed by atoms with Crippen LogP contribution in [0.1, 0.15) is 17.4 Å². The largest absolute Gasteiger partial charge is 0.326 e. The first-order valence-corrected chi connectivity index (χ1v) is 11.4. The molecule has 0 aliphatic rings. The molecule has 0 spiro atoms. The van der Waals surface area contributed by atoms with E-state index in [0.29, 0.717) is 5.69 Å². The number of carbonyl (C=O) groups excluding carboxylic acids is 1. The number of nitrogens with zero attached hydrogens (tertiary/aromatic N) is 1. The van der Waals surface area contributed by atoms with E-state index in [1.165, 1.54) is 11.1 Å². The highest BCUT2D eigenvalue weighted by molar-refractivity contribution is 8.01. The second kappa shape index (κ2) is 10.4. The molecule has 3 aromatic rings. The van der Waals surface area contributed by atoms with Gasteiger partial charge in [0.1, 0.15) is 10.7 Å². The molecule has 2 aromatic heterocycles. The molecule has 0 aliphatic carbocycles. The van der Waals surface area contributed by atoms with Crippen LogP contribution in [0, 0.1) is 0 Å². The Kier molecular flexibility index (Phi) is 7.67. The third kappa shape index (κ3) is 6.81. The van der Waals surface area contributed by atoms with E-state index >= 15 is 0 Å². The van der Waals surface area contributed by atoms with E-state index in [-0.39, 0.29) is 27.7 Å². The molecule has 0 saturated carbocycles. The molecular formula is C22H24N4O3S2. The lowest BCUT2D eigenvalue weighted by atomic mass is 10.2. The average Bonchev–Trinajstić information content (AvgIpc) is 3.14. The van der Waals surface area contributed by atoms with E-state index in [2.05, 4.69) is 20.2 Å². The molecule has 162 valence electrons. The number of thioether (sulfide) groups is 1. The smallest absolute Gasteiger partial charge is 0.272 e. The Morgan fingerprint density at radius 1 is 1.03 bits per heavy atom. The summed E-state index contributed by atoms with van der Waals surface area (Å²) in [6, 6.07) is 10.9. The number of hydrogen-bond donors (Lipinski definition) is 3. The minimum Gasteiger partial charge on any atom is -0.326 e. The SMILES string of the molecule is CC(=O)Nc1ccc(C=c2[nH]c(=O)c(=Cc3ccc(SCCN(C)C)s3)[nH]c2=O)cc1. The minimum absolute atomic E-state index is 0.158. The highest BCUT2D eigenvalue weighted by Crippen LogP contribution is 2.27. The molecule has 0 bridgehead atoms. The summed E-state index contributed by atoms with van der Waals surface area (Å²) in [5.41, 5.74) is 0.640. The van der Waals surface area contributed by atoms with Crippen molar-refractivity contribution < 1.29 is 4.79 Å². The lowest BCUT2D eigenvalue weighted by molar-refractivity contribution is -0.114. The van der Waals surface area contributed by atoms with Gasteiger partial charge in [-0.1, -0.05) is 12.1 Å². The summed E-state index contributed by atoms with van der Waals surface area (Å²) in [5, 5.41) is 3.06. The summed E-state index contributed by atoms with van der Waals surface area (Å²) >= 11 is 3.35. The Bertz CT molecular complexity index is 1290. The van der Waals surface area contributed by atoms with Gasteiger partial charge in [-0.05, 0) is 56.1 Å². The van der Waals surface area contributed by atoms with Crippen molar-refractivity contribution in [3.05, 3.63) is 78.2 Å². The first-order valence-electron chi connectivity index (χ1n) is 9.61. The Morgan fingerprint density at radius 2 is 1.68 bits per heavy atom. The molecule has 0 saturated heterocycles. The van der Waals surface area contributed by atoms with Gasteiger partial charge < -0.3 is 20.2 Å². The van der Waals surface area contributed by atoms with E-state index in [0.717, 1.165) is 22.7 Å². The number of H-pyrrole nitrogens is 2. The maximum absolute atomic E-state index is 12.5. The summed E-state index contributed by atoms with van der Waals surface area (Å²) in [5.74, 6) is 0.829. The van der Waals surface area contributed by atoms with Gasteiger partial charge in [0.2, 0.25) is 5.91 Å². The lowest BCUT2D eigenvalue weighted by Gasteiger charge is -2.07. The predicted octanol–water partition coefficient (Wildman–Crippen LogP) is 1.39. The standard InChI is InChI=1S/C22H24N4O3S2/c1-14(27)23-16-6-4-15(5-7-16)12-18-21(28)25-19(22(29)24-18)13-17-8-9-20(31-17)30-11-10-26(2)3/h4-9,12-13H,10-11H2,1-3H3,(H,23,27)(H,24,29)(H,25,28). The van der Waals surface area contributed by atoms with Crippen LogP contribution in [0.2, 0.25) is 0 Å². The first kappa shape index (κ1) is 22.8. The van der Waals surface area contributed by atoms with Gasteiger partial charge in [0.05, 0.1) is 4.21 Å². The van der Waals surface area contributed by atoms with Gasteiger partial charge in [-0.2, -0.15) is 0 Å². The van der Waals surface area contributed by atoms with E-state index < -0.39 is 0 Å². The van der Waals surface area contributed by atoms with E-state index in [1.807, 2.05) is 26.2 Å². The topological polar surface area (TPSA) is 98.1 Å². The number of aromatic amines is 2. The van der Waals surface area contributed by atoms with Crippen molar-refractivity contribution in [2.45, 2.75) is 11.1 Å². The number of thiophene rings is 1. The van der Waals surface area contributed by atoms with Crippen molar-refractivity contribution >= 4 is 46.8 Å². The van der Waals surface area contributed by atoms with Gasteiger partial charge >= 0.3 is 0 Å². The zero-order valence-electron chi connectivity index (χ0n) is 17.5. The van der Waals surface area contributed by atoms with Crippen LogP contribution in [-0.4, -0.2) is 47.2 Å². The molecule has 0 unspecified atom stereocenters. The van der Waals surface area contributed by atoms with Crippen molar-refractivity contribution in [2.75, 3.05) is 31.7 Å². The second-order valence-electron chi connectivity index (χ2n) is 7.14. The van der Waals surface area contributed by atoms with Crippen LogP contribution in [0.25, 0.3) is 12.2 Å². The van der Waals surface area contributed by atoms with Crippen LogP contribution in [0.3, 0.4) is 0 Å². The van der Waals surface area contributed by atoms with Crippen molar-refractivity contribution in [2.24, 2.45) is 0 Å². The molecule has 0 aliphatic heterocycles. The van der Waals surface area contributed by atoms with Crippen LogP contribution in [0.15, 0.2) is 50.2 Å². The second-order valence-corrected chi connectivity index (χ2v) is 9.65. The van der Waals surface area contributed by atoms with E-state index in [9.17, 15) is 14.4 Å². The van der Waals surface area contributed by atoms with Crippen molar-refractivity contribution in [3.8, 4) is 0 Å². The number of benzene rings is 1. The van der Waals surface area contributed by atoms with Gasteiger partial charge in [-0.3, -0.25) is 14.4 Å². The lowest BCUT2D eigenvalue weighted by Crippen LogP contribution is -2.46. The Balaban J connectivity index is 1.83. The number of amides is 1. The molecule has 31 heavy (non-hydrogen) atoms. The normalized spacial score (nSPS) is 12.5. The highest BCUT2D eigenvalue weighted by Gasteiger charge is 2.02. The fraction of sp³-hybridized carbons (Fsp3) is 0.227. The van der Waals surface area contributed by atoms with Crippen molar-refractivity contribution in [1.82, 2.24) is 14.9 Å². The third-order valence-corrected chi connectivity index (χ3v) is 6.44. The number of hydrogen-bond acceptors (Lipinski definition) is 6. The summed E-state index contributed by atoms with van der Waals surface area (Å²) < 4.78 is 1.17. The molecule has 1 aromatic carbocycles. The number of rotatable bonds is 7. The van der Waals surface area contributed by atoms with Gasteiger partial charge in [0.25, 0.3) is 11.1 Å². The van der Waals surface area contributed by atoms with E-state index in [4.69, 9.17) is 0 Å². The number of nitrogens with one attached hydrogen (secondary N) is 3. The van der Waals surface area contributed by atoms with Gasteiger partial charge in [-0.15, -0.1) is 23.1 Å². The van der Waals surface area contributed by atoms with Gasteiger partial charge in [-0.25, -0.2) is 0 Å². The molecule has 0 radical (unpaired) electrons. The molecule has 1 amide bonds. The minimum atomic E-state index is -0.381. The van der Waals surface area contributed by atoms with Crippen molar-refractivity contribution in [1.29, 1.82) is 0 Å². The summed E-state index contributed by atoms with van der Waals surface area (Å²) in [4.78, 5) is 44.4. The molecule has 3 rings (SSSR count). The Labute approximate surface area is 187 Å². The zero-order chi connectivity index (χ0) is 22.4. The summed E-state index contributed by atoms with van der Waals surface area (Å²) in [7, 11) is 4.08. The van der Waals surface area contributed by atoms with Crippen LogP contribution >= 0.6 is 23.1 Å². The zero-order valence-corrected chi connectivity index (χ0v) is 19.2. The quantitative estimate of drug-likeness (QED) is 0.467. The number of anilines is 1. The first-order chi connectivity index (χ1) is 14.8. The summed E-state index contributed by atoms with van der Waals surface area (Å²) in [6.45, 7) is 2.42. The van der Waals surface area contributed by atoms with Crippen molar-refractivity contribution in [3.63, 3.8) is 0 Å². The molecule has 9 heteroatoms. The van der Waals surface area contributed by atoms with Crippen LogP contribution in [0.5, 0.6) is 0 Å². The van der Waals surface area contributed by atoms with Crippen LogP contribution in [-0.2, 0) is 4.79 Å². The molecular weight excluding hydrogens is 432 g/mol. The van der Waals surface area contributed by atoms with Crippen LogP contribution < -0.4 is 27.1 Å². The molecule has 0 fully saturated rings. The van der Waals surface area contributed by atoms with Gasteiger partial charge in [0, 0.05) is 29.8 Å². The maximum Gasteiger partial charge on any atom is 0.272 e. The molecule has 3 N–H and O–H groups in total. The molecule has 2 heterocycles. The van der Waals surface area contributed by atoms with Crippen LogP contribution in [0.4, 0.5) is 5.69 Å². The average molecular weight is 457 g/mol. The Morgan fingerprint density at radius 3 is 2.29 bits per heavy atom. The third-order valence-electron chi connectivity index (χ3n) is 4.20. The molecule has 0 atom stereocenters. The fourth-order valence-corrected chi connectivity index (χ4v) is 4.97. The molecule has 7 nitrogen and oxygen atoms in total. The number of carbonyl (C=O) groups is 1. The van der Waals surface area contributed by atoms with E-state index in [1.54, 1.807) is 59.5 Å². The predicted molar refractivity (Wildman–Crippen MR) is 128 cm³/mol. The highest BCUT2D eigenvalue weighted by atomic mass is 32.2. The number of aromatic nitrogens is 2.